The van der Waals surface area contributed by atoms with Crippen LogP contribution in [0.1, 0.15) is 29.2 Å². The predicted octanol–water partition coefficient (Wildman–Crippen LogP) is 2.91. The molecule has 1 aliphatic carbocycles. The minimum Gasteiger partial charge on any atom is -0.296 e. The van der Waals surface area contributed by atoms with Crippen LogP contribution in [-0.4, -0.2) is 11.0 Å². The highest BCUT2D eigenvalue weighted by atomic mass is 17.1. The van der Waals surface area contributed by atoms with E-state index in [-0.39, 0.29) is 5.78 Å². The standard InChI is InChI=1S/C16H14O3/c1-11(17)16(19-18)14-8-4-2-6-12(14)10-13-7-3-5-9-15(13)16/h2-9,18H,10H2,1H3. The van der Waals surface area contributed by atoms with Gasteiger partial charge in [0.05, 0.1) is 0 Å². The highest BCUT2D eigenvalue weighted by Gasteiger charge is 2.46. The topological polar surface area (TPSA) is 46.5 Å². The van der Waals surface area contributed by atoms with Crippen molar-refractivity contribution in [2.24, 2.45) is 0 Å². The van der Waals surface area contributed by atoms with Gasteiger partial charge >= 0.3 is 0 Å². The summed E-state index contributed by atoms with van der Waals surface area (Å²) in [6.07, 6.45) is 0.741. The lowest BCUT2D eigenvalue weighted by Gasteiger charge is -2.35. The number of rotatable bonds is 2. The first-order valence-corrected chi connectivity index (χ1v) is 6.20. The molecule has 1 N–H and O–H groups in total. The van der Waals surface area contributed by atoms with Crippen LogP contribution < -0.4 is 0 Å². The number of Topliss-reactive ketones (excluding diaryl/α,β-unsaturated/α-hetero) is 1. The van der Waals surface area contributed by atoms with Crippen LogP contribution in [0.3, 0.4) is 0 Å². The lowest BCUT2D eigenvalue weighted by atomic mass is 9.73. The Balaban J connectivity index is 2.37. The molecule has 19 heavy (non-hydrogen) atoms. The molecule has 2 aromatic carbocycles. The summed E-state index contributed by atoms with van der Waals surface area (Å²) in [4.78, 5) is 16.9. The molecule has 0 amide bonds. The van der Waals surface area contributed by atoms with E-state index in [1.54, 1.807) is 0 Å². The lowest BCUT2D eigenvalue weighted by Crippen LogP contribution is -2.41. The van der Waals surface area contributed by atoms with Gasteiger partial charge in [0.2, 0.25) is 5.60 Å². The normalized spacial score (nSPS) is 15.5. The van der Waals surface area contributed by atoms with Crippen molar-refractivity contribution in [2.45, 2.75) is 18.9 Å². The van der Waals surface area contributed by atoms with Gasteiger partial charge in [-0.25, -0.2) is 4.89 Å². The van der Waals surface area contributed by atoms with Crippen LogP contribution in [0.15, 0.2) is 48.5 Å². The van der Waals surface area contributed by atoms with Crippen molar-refractivity contribution in [3.8, 4) is 0 Å². The third-order valence-electron chi connectivity index (χ3n) is 3.81. The lowest BCUT2D eigenvalue weighted by molar-refractivity contribution is -0.304. The highest BCUT2D eigenvalue weighted by molar-refractivity contribution is 5.91. The number of fused-ring (bicyclic) bond motifs is 2. The zero-order valence-electron chi connectivity index (χ0n) is 10.6. The highest BCUT2D eigenvalue weighted by Crippen LogP contribution is 2.42. The molecule has 3 nitrogen and oxygen atoms in total. The molecule has 0 saturated heterocycles. The quantitative estimate of drug-likeness (QED) is 0.662. The molecule has 0 spiro atoms. The summed E-state index contributed by atoms with van der Waals surface area (Å²) >= 11 is 0. The van der Waals surface area contributed by atoms with Gasteiger partial charge in [-0.3, -0.25) is 10.1 Å². The van der Waals surface area contributed by atoms with Gasteiger partial charge in [0.25, 0.3) is 0 Å². The summed E-state index contributed by atoms with van der Waals surface area (Å²) in [6, 6.07) is 15.1. The first kappa shape index (κ1) is 12.1. The van der Waals surface area contributed by atoms with E-state index in [0.29, 0.717) is 0 Å². The smallest absolute Gasteiger partial charge is 0.211 e. The molecule has 0 aromatic heterocycles. The Morgan fingerprint density at radius 3 is 1.95 bits per heavy atom. The molecule has 3 rings (SSSR count). The maximum absolute atomic E-state index is 12.2. The second kappa shape index (κ2) is 4.30. The Morgan fingerprint density at radius 1 is 1.05 bits per heavy atom. The van der Waals surface area contributed by atoms with Crippen molar-refractivity contribution in [1.82, 2.24) is 0 Å². The predicted molar refractivity (Wildman–Crippen MR) is 70.9 cm³/mol. The minimum atomic E-state index is -1.40. The van der Waals surface area contributed by atoms with E-state index in [4.69, 9.17) is 4.89 Å². The fourth-order valence-electron chi connectivity index (χ4n) is 2.93. The second-order valence-corrected chi connectivity index (χ2v) is 4.82. The van der Waals surface area contributed by atoms with Gasteiger partial charge in [-0.05, 0) is 24.5 Å². The SMILES string of the molecule is CC(=O)C1(OO)c2ccccc2Cc2ccccc21. The first-order valence-electron chi connectivity index (χ1n) is 6.20. The molecule has 0 radical (unpaired) electrons. The van der Waals surface area contributed by atoms with Crippen molar-refractivity contribution < 1.29 is 14.9 Å². The van der Waals surface area contributed by atoms with Crippen molar-refractivity contribution in [2.75, 3.05) is 0 Å². The monoisotopic (exact) mass is 254 g/mol. The molecule has 96 valence electrons. The summed E-state index contributed by atoms with van der Waals surface area (Å²) in [7, 11) is 0. The number of ketones is 1. The maximum atomic E-state index is 12.2. The van der Waals surface area contributed by atoms with Crippen LogP contribution in [0.25, 0.3) is 0 Å². The van der Waals surface area contributed by atoms with Gasteiger partial charge in [0, 0.05) is 11.1 Å². The molecular weight excluding hydrogens is 240 g/mol. The molecule has 0 bridgehead atoms. The molecule has 0 atom stereocenters. The van der Waals surface area contributed by atoms with Crippen molar-refractivity contribution in [3.05, 3.63) is 70.8 Å². The van der Waals surface area contributed by atoms with Gasteiger partial charge in [0.15, 0.2) is 5.78 Å². The zero-order chi connectivity index (χ0) is 13.5. The summed E-state index contributed by atoms with van der Waals surface area (Å²) in [6.45, 7) is 1.44. The van der Waals surface area contributed by atoms with E-state index < -0.39 is 5.60 Å². The average molecular weight is 254 g/mol. The van der Waals surface area contributed by atoms with Crippen LogP contribution in [-0.2, 0) is 21.7 Å². The van der Waals surface area contributed by atoms with Crippen LogP contribution >= 0.6 is 0 Å². The molecule has 0 fully saturated rings. The van der Waals surface area contributed by atoms with Gasteiger partial charge in [-0.1, -0.05) is 48.5 Å². The molecule has 0 heterocycles. The van der Waals surface area contributed by atoms with Crippen LogP contribution in [0.5, 0.6) is 0 Å². The molecule has 1 aliphatic rings. The van der Waals surface area contributed by atoms with Crippen molar-refractivity contribution in [1.29, 1.82) is 0 Å². The van der Waals surface area contributed by atoms with E-state index in [2.05, 4.69) is 0 Å². The van der Waals surface area contributed by atoms with Crippen LogP contribution in [0.4, 0.5) is 0 Å². The largest absolute Gasteiger partial charge is 0.296 e. The third kappa shape index (κ3) is 1.56. The van der Waals surface area contributed by atoms with E-state index in [1.165, 1.54) is 6.92 Å². The fraction of sp³-hybridized carbons (Fsp3) is 0.188. The van der Waals surface area contributed by atoms with E-state index in [0.717, 1.165) is 28.7 Å². The molecule has 3 heteroatoms. The number of benzene rings is 2. The molecule has 0 unspecified atom stereocenters. The molecule has 0 saturated carbocycles. The Kier molecular flexibility index (Phi) is 2.73. The second-order valence-electron chi connectivity index (χ2n) is 4.82. The zero-order valence-corrected chi connectivity index (χ0v) is 10.6. The number of hydrogen-bond acceptors (Lipinski definition) is 3. The Hall–Kier alpha value is -1.97. The first-order chi connectivity index (χ1) is 9.20. The number of carbonyl (C=O) groups is 1. The van der Waals surface area contributed by atoms with Crippen LogP contribution in [0.2, 0.25) is 0 Å². The Morgan fingerprint density at radius 2 is 1.53 bits per heavy atom. The molecule has 0 aliphatic heterocycles. The van der Waals surface area contributed by atoms with Crippen molar-refractivity contribution in [3.63, 3.8) is 0 Å². The summed E-state index contributed by atoms with van der Waals surface area (Å²) in [5.41, 5.74) is 2.06. The van der Waals surface area contributed by atoms with Crippen LogP contribution in [0, 0.1) is 0 Å². The fourth-order valence-corrected chi connectivity index (χ4v) is 2.93. The summed E-state index contributed by atoms with van der Waals surface area (Å²) < 4.78 is 0. The Labute approximate surface area is 111 Å². The van der Waals surface area contributed by atoms with Crippen molar-refractivity contribution >= 4 is 5.78 Å². The van der Waals surface area contributed by atoms with E-state index in [9.17, 15) is 10.1 Å². The molecular formula is C16H14O3. The van der Waals surface area contributed by atoms with Gasteiger partial charge < -0.3 is 0 Å². The maximum Gasteiger partial charge on any atom is 0.211 e. The third-order valence-corrected chi connectivity index (χ3v) is 3.81. The molecule has 2 aromatic rings. The van der Waals surface area contributed by atoms with Gasteiger partial charge in [-0.2, -0.15) is 0 Å². The summed E-state index contributed by atoms with van der Waals surface area (Å²) in [5.74, 6) is -0.227. The minimum absolute atomic E-state index is 0.227. The summed E-state index contributed by atoms with van der Waals surface area (Å²) in [5, 5.41) is 9.48. The van der Waals surface area contributed by atoms with Gasteiger partial charge in [0.1, 0.15) is 0 Å². The number of carbonyl (C=O) groups excluding carboxylic acids is 1. The Bertz CT molecular complexity index is 600. The number of hydrogen-bond donors (Lipinski definition) is 1. The van der Waals surface area contributed by atoms with E-state index >= 15 is 0 Å². The average Bonchev–Trinajstić information content (AvgIpc) is 2.44. The van der Waals surface area contributed by atoms with Gasteiger partial charge in [-0.15, -0.1) is 0 Å². The van der Waals surface area contributed by atoms with E-state index in [1.807, 2.05) is 48.5 Å².